The number of nitrogens with two attached hydrogens (primary N) is 2. The minimum atomic E-state index is -0.363. The van der Waals surface area contributed by atoms with Gasteiger partial charge in [0.2, 0.25) is 0 Å². The van der Waals surface area contributed by atoms with Crippen molar-refractivity contribution in [3.8, 4) is 0 Å². The summed E-state index contributed by atoms with van der Waals surface area (Å²) in [4.78, 5) is 12.4. The van der Waals surface area contributed by atoms with Crippen LogP contribution in [0.1, 0.15) is 56.0 Å². The molecule has 1 aliphatic carbocycles. The molecule has 2 unspecified atom stereocenters. The second-order valence-corrected chi connectivity index (χ2v) is 7.26. The Labute approximate surface area is 126 Å². The van der Waals surface area contributed by atoms with E-state index in [4.69, 9.17) is 16.2 Å². The van der Waals surface area contributed by atoms with Crippen LogP contribution in [0.3, 0.4) is 0 Å². The summed E-state index contributed by atoms with van der Waals surface area (Å²) in [6, 6.07) is 3.50. The predicted octanol–water partition coefficient (Wildman–Crippen LogP) is 3.53. The van der Waals surface area contributed by atoms with Gasteiger partial charge < -0.3 is 16.2 Å². The minimum absolute atomic E-state index is 0.0441. The van der Waals surface area contributed by atoms with Crippen LogP contribution in [0.2, 0.25) is 0 Å². The summed E-state index contributed by atoms with van der Waals surface area (Å²) in [5.41, 5.74) is 14.0. The average molecular weight is 290 g/mol. The van der Waals surface area contributed by atoms with Gasteiger partial charge >= 0.3 is 5.97 Å². The maximum Gasteiger partial charge on any atom is 0.340 e. The number of benzene rings is 1. The molecule has 1 saturated carbocycles. The number of ether oxygens (including phenoxy) is 1. The van der Waals surface area contributed by atoms with Crippen molar-refractivity contribution in [3.63, 3.8) is 0 Å². The molecule has 0 aliphatic heterocycles. The van der Waals surface area contributed by atoms with Crippen molar-refractivity contribution in [2.24, 2.45) is 11.3 Å². The van der Waals surface area contributed by atoms with Crippen LogP contribution in [0.15, 0.2) is 12.1 Å². The standard InChI is InChI=1S/C17H26N2O2/c1-10-6-13(15(19)14(18)7-10)16(20)21-12-5-11(2)8-17(3,4)9-12/h6-7,11-12H,5,8-9,18-19H2,1-4H3. The molecule has 21 heavy (non-hydrogen) atoms. The number of hydrogen-bond acceptors (Lipinski definition) is 4. The molecule has 0 bridgehead atoms. The van der Waals surface area contributed by atoms with Crippen LogP contribution < -0.4 is 11.5 Å². The van der Waals surface area contributed by atoms with Crippen molar-refractivity contribution in [1.82, 2.24) is 0 Å². The number of anilines is 2. The molecule has 1 fully saturated rings. The fraction of sp³-hybridized carbons (Fsp3) is 0.588. The van der Waals surface area contributed by atoms with Crippen LogP contribution in [-0.2, 0) is 4.74 Å². The smallest absolute Gasteiger partial charge is 0.340 e. The molecule has 4 nitrogen and oxygen atoms in total. The van der Waals surface area contributed by atoms with Crippen molar-refractivity contribution in [2.45, 2.75) is 53.1 Å². The zero-order valence-corrected chi connectivity index (χ0v) is 13.4. The number of rotatable bonds is 2. The highest BCUT2D eigenvalue weighted by Crippen LogP contribution is 2.40. The van der Waals surface area contributed by atoms with Crippen LogP contribution in [0.5, 0.6) is 0 Å². The Kier molecular flexibility index (Phi) is 4.17. The molecular formula is C17H26N2O2. The third kappa shape index (κ3) is 3.69. The zero-order valence-electron chi connectivity index (χ0n) is 13.4. The Bertz CT molecular complexity index is 552. The molecule has 2 atom stereocenters. The van der Waals surface area contributed by atoms with E-state index in [1.54, 1.807) is 12.1 Å². The number of carbonyl (C=O) groups excluding carboxylic acids is 1. The molecule has 4 heteroatoms. The van der Waals surface area contributed by atoms with Crippen molar-refractivity contribution in [1.29, 1.82) is 0 Å². The summed E-state index contributed by atoms with van der Waals surface area (Å²) < 4.78 is 5.70. The molecule has 0 heterocycles. The van der Waals surface area contributed by atoms with Gasteiger partial charge in [-0.3, -0.25) is 0 Å². The first-order valence-electron chi connectivity index (χ1n) is 7.54. The van der Waals surface area contributed by atoms with E-state index in [-0.39, 0.29) is 17.5 Å². The molecule has 116 valence electrons. The van der Waals surface area contributed by atoms with Gasteiger partial charge in [-0.05, 0) is 55.2 Å². The Morgan fingerprint density at radius 3 is 2.57 bits per heavy atom. The molecule has 0 amide bonds. The van der Waals surface area contributed by atoms with E-state index in [2.05, 4.69) is 20.8 Å². The van der Waals surface area contributed by atoms with E-state index < -0.39 is 0 Å². The van der Waals surface area contributed by atoms with Crippen LogP contribution in [0.25, 0.3) is 0 Å². The highest BCUT2D eigenvalue weighted by atomic mass is 16.5. The third-order valence-corrected chi connectivity index (χ3v) is 4.20. The quantitative estimate of drug-likeness (QED) is 0.645. The Morgan fingerprint density at radius 2 is 1.95 bits per heavy atom. The average Bonchev–Trinajstić information content (AvgIpc) is 2.30. The van der Waals surface area contributed by atoms with Crippen LogP contribution >= 0.6 is 0 Å². The summed E-state index contributed by atoms with van der Waals surface area (Å²) in [5, 5.41) is 0. The monoisotopic (exact) mass is 290 g/mol. The molecule has 2 rings (SSSR count). The maximum absolute atomic E-state index is 12.4. The van der Waals surface area contributed by atoms with Gasteiger partial charge in [-0.2, -0.15) is 0 Å². The summed E-state index contributed by atoms with van der Waals surface area (Å²) in [7, 11) is 0. The minimum Gasteiger partial charge on any atom is -0.459 e. The lowest BCUT2D eigenvalue weighted by atomic mass is 9.71. The van der Waals surface area contributed by atoms with Gasteiger partial charge in [0.1, 0.15) is 6.10 Å². The van der Waals surface area contributed by atoms with Gasteiger partial charge in [0, 0.05) is 0 Å². The molecule has 0 saturated heterocycles. The fourth-order valence-corrected chi connectivity index (χ4v) is 3.56. The first-order chi connectivity index (χ1) is 9.68. The van der Waals surface area contributed by atoms with Gasteiger partial charge in [0.05, 0.1) is 16.9 Å². The number of esters is 1. The fourth-order valence-electron chi connectivity index (χ4n) is 3.56. The largest absolute Gasteiger partial charge is 0.459 e. The molecule has 0 radical (unpaired) electrons. The number of hydrogen-bond donors (Lipinski definition) is 2. The molecular weight excluding hydrogens is 264 g/mol. The molecule has 1 aliphatic rings. The summed E-state index contributed by atoms with van der Waals surface area (Å²) in [5.74, 6) is 0.198. The van der Waals surface area contributed by atoms with Crippen molar-refractivity contribution in [3.05, 3.63) is 23.3 Å². The zero-order chi connectivity index (χ0) is 15.8. The van der Waals surface area contributed by atoms with E-state index in [1.165, 1.54) is 6.42 Å². The molecule has 1 aromatic carbocycles. The lowest BCUT2D eigenvalue weighted by Crippen LogP contribution is -2.34. The van der Waals surface area contributed by atoms with Gasteiger partial charge in [0.15, 0.2) is 0 Å². The number of carbonyl (C=O) groups is 1. The molecule has 0 aromatic heterocycles. The van der Waals surface area contributed by atoms with Crippen molar-refractivity contribution < 1.29 is 9.53 Å². The predicted molar refractivity (Wildman–Crippen MR) is 86.0 cm³/mol. The highest BCUT2D eigenvalue weighted by Gasteiger charge is 2.34. The number of nitrogen functional groups attached to an aromatic ring is 2. The van der Waals surface area contributed by atoms with E-state index in [9.17, 15) is 4.79 Å². The van der Waals surface area contributed by atoms with Gasteiger partial charge in [0.25, 0.3) is 0 Å². The topological polar surface area (TPSA) is 78.3 Å². The molecule has 1 aromatic rings. The normalized spacial score (nSPS) is 24.6. The maximum atomic E-state index is 12.4. The second kappa shape index (κ2) is 5.58. The first-order valence-corrected chi connectivity index (χ1v) is 7.54. The van der Waals surface area contributed by atoms with Crippen molar-refractivity contribution >= 4 is 17.3 Å². The second-order valence-electron chi connectivity index (χ2n) is 7.26. The molecule has 4 N–H and O–H groups in total. The summed E-state index contributed by atoms with van der Waals surface area (Å²) in [6.45, 7) is 8.55. The Balaban J connectivity index is 2.15. The van der Waals surface area contributed by atoms with Gasteiger partial charge in [-0.15, -0.1) is 0 Å². The SMILES string of the molecule is Cc1cc(N)c(N)c(C(=O)OC2CC(C)CC(C)(C)C2)c1. The molecule has 0 spiro atoms. The van der Waals surface area contributed by atoms with E-state index in [0.717, 1.165) is 18.4 Å². The first kappa shape index (κ1) is 15.7. The Hall–Kier alpha value is -1.71. The van der Waals surface area contributed by atoms with Gasteiger partial charge in [-0.1, -0.05) is 20.8 Å². The lowest BCUT2D eigenvalue weighted by Gasteiger charge is -2.38. The van der Waals surface area contributed by atoms with E-state index >= 15 is 0 Å². The van der Waals surface area contributed by atoms with E-state index in [0.29, 0.717) is 22.9 Å². The van der Waals surface area contributed by atoms with Crippen LogP contribution in [0, 0.1) is 18.3 Å². The summed E-state index contributed by atoms with van der Waals surface area (Å²) >= 11 is 0. The third-order valence-electron chi connectivity index (χ3n) is 4.20. The lowest BCUT2D eigenvalue weighted by molar-refractivity contribution is -0.00705. The highest BCUT2D eigenvalue weighted by molar-refractivity contribution is 5.98. The van der Waals surface area contributed by atoms with Crippen LogP contribution in [-0.4, -0.2) is 12.1 Å². The summed E-state index contributed by atoms with van der Waals surface area (Å²) in [6.07, 6.45) is 2.93. The van der Waals surface area contributed by atoms with Crippen LogP contribution in [0.4, 0.5) is 11.4 Å². The Morgan fingerprint density at radius 1 is 1.29 bits per heavy atom. The van der Waals surface area contributed by atoms with Gasteiger partial charge in [-0.25, -0.2) is 4.79 Å². The van der Waals surface area contributed by atoms with Crippen molar-refractivity contribution in [2.75, 3.05) is 11.5 Å². The number of aryl methyl sites for hydroxylation is 1. The van der Waals surface area contributed by atoms with E-state index in [1.807, 2.05) is 6.92 Å².